The van der Waals surface area contributed by atoms with Crippen molar-refractivity contribution >= 4 is 18.0 Å². The molecule has 1 atom stereocenters. The molecule has 1 aliphatic heterocycles. The van der Waals surface area contributed by atoms with Crippen LogP contribution in [-0.2, 0) is 23.8 Å². The molecule has 0 aliphatic carbocycles. The van der Waals surface area contributed by atoms with Crippen LogP contribution in [0.25, 0.3) is 0 Å². The predicted molar refractivity (Wildman–Crippen MR) is 78.0 cm³/mol. The van der Waals surface area contributed by atoms with E-state index >= 15 is 0 Å². The number of ether oxygens (including phenoxy) is 3. The fourth-order valence-electron chi connectivity index (χ4n) is 2.14. The van der Waals surface area contributed by atoms with Crippen LogP contribution in [0.1, 0.15) is 20.8 Å². The highest BCUT2D eigenvalue weighted by molar-refractivity contribution is 5.95. The van der Waals surface area contributed by atoms with Gasteiger partial charge in [0.1, 0.15) is 5.60 Å². The highest BCUT2D eigenvalue weighted by Gasteiger charge is 2.38. The number of nitrogens with zero attached hydrogens (tertiary/aromatic N) is 1. The molecule has 1 aliphatic rings. The molecular weight excluding hydrogens is 290 g/mol. The van der Waals surface area contributed by atoms with Gasteiger partial charge in [0.2, 0.25) is 0 Å². The first-order valence-electron chi connectivity index (χ1n) is 7.00. The maximum atomic E-state index is 12.1. The second kappa shape index (κ2) is 7.29. The average molecular weight is 313 g/mol. The van der Waals surface area contributed by atoms with E-state index in [-0.39, 0.29) is 6.54 Å². The molecule has 0 saturated heterocycles. The molecule has 0 bridgehead atoms. The molecule has 7 heteroatoms. The van der Waals surface area contributed by atoms with E-state index < -0.39 is 35.5 Å². The van der Waals surface area contributed by atoms with Gasteiger partial charge in [0.25, 0.3) is 0 Å². The highest BCUT2D eigenvalue weighted by Crippen LogP contribution is 2.23. The van der Waals surface area contributed by atoms with Crippen LogP contribution < -0.4 is 0 Å². The molecule has 1 rings (SSSR count). The molecule has 0 unspecified atom stereocenters. The molecule has 0 aromatic carbocycles. The number of rotatable bonds is 3. The molecule has 124 valence electrons. The molecular formula is C15H23NO6. The maximum absolute atomic E-state index is 12.1. The lowest BCUT2D eigenvalue weighted by Gasteiger charge is -2.32. The third kappa shape index (κ3) is 4.75. The van der Waals surface area contributed by atoms with E-state index in [9.17, 15) is 14.4 Å². The van der Waals surface area contributed by atoms with Gasteiger partial charge in [-0.1, -0.05) is 12.2 Å². The summed E-state index contributed by atoms with van der Waals surface area (Å²) < 4.78 is 14.6. The quantitative estimate of drug-likeness (QED) is 0.339. The van der Waals surface area contributed by atoms with Gasteiger partial charge in [-0.15, -0.1) is 0 Å². The van der Waals surface area contributed by atoms with Gasteiger partial charge in [-0.05, 0) is 20.8 Å². The van der Waals surface area contributed by atoms with Crippen LogP contribution in [0.3, 0.4) is 0 Å². The van der Waals surface area contributed by atoms with Crippen molar-refractivity contribution in [1.82, 2.24) is 4.90 Å². The van der Waals surface area contributed by atoms with Crippen LogP contribution in [-0.4, -0.2) is 55.8 Å². The fourth-order valence-corrected chi connectivity index (χ4v) is 2.14. The van der Waals surface area contributed by atoms with Crippen LogP contribution in [0.2, 0.25) is 0 Å². The van der Waals surface area contributed by atoms with E-state index in [4.69, 9.17) is 4.74 Å². The Kier molecular flexibility index (Phi) is 5.96. The summed E-state index contributed by atoms with van der Waals surface area (Å²) in [5.41, 5.74) is -0.613. The number of amides is 1. The molecule has 1 amide bonds. The monoisotopic (exact) mass is 313 g/mol. The Labute approximate surface area is 130 Å². The smallest absolute Gasteiger partial charge is 0.410 e. The van der Waals surface area contributed by atoms with Crippen LogP contribution in [0, 0.1) is 11.8 Å². The first-order chi connectivity index (χ1) is 10.2. The summed E-state index contributed by atoms with van der Waals surface area (Å²) in [6.45, 7) is 5.86. The summed E-state index contributed by atoms with van der Waals surface area (Å²) in [6.07, 6.45) is 2.95. The summed E-state index contributed by atoms with van der Waals surface area (Å²) in [4.78, 5) is 37.2. The predicted octanol–water partition coefficient (Wildman–Crippen LogP) is 1.37. The Morgan fingerprint density at radius 1 is 1.14 bits per heavy atom. The van der Waals surface area contributed by atoms with E-state index in [0.717, 1.165) is 0 Å². The van der Waals surface area contributed by atoms with Crippen molar-refractivity contribution in [2.24, 2.45) is 11.8 Å². The molecule has 1 heterocycles. The lowest BCUT2D eigenvalue weighted by atomic mass is 9.89. The Morgan fingerprint density at radius 3 is 2.14 bits per heavy atom. The van der Waals surface area contributed by atoms with Gasteiger partial charge in [0.15, 0.2) is 5.92 Å². The van der Waals surface area contributed by atoms with Gasteiger partial charge in [0.05, 0.1) is 14.2 Å². The number of hydrogen-bond donors (Lipinski definition) is 0. The molecule has 0 fully saturated rings. The third-order valence-electron chi connectivity index (χ3n) is 3.13. The van der Waals surface area contributed by atoms with Crippen molar-refractivity contribution in [3.63, 3.8) is 0 Å². The van der Waals surface area contributed by atoms with E-state index in [0.29, 0.717) is 6.54 Å². The zero-order chi connectivity index (χ0) is 16.9. The summed E-state index contributed by atoms with van der Waals surface area (Å²) in [6, 6.07) is 0. The minimum Gasteiger partial charge on any atom is -0.468 e. The molecule has 0 aromatic heterocycles. The zero-order valence-electron chi connectivity index (χ0n) is 13.6. The summed E-state index contributed by atoms with van der Waals surface area (Å²) in [7, 11) is 2.41. The Hall–Kier alpha value is -2.05. The van der Waals surface area contributed by atoms with Crippen molar-refractivity contribution < 1.29 is 28.6 Å². The van der Waals surface area contributed by atoms with Gasteiger partial charge in [0, 0.05) is 19.0 Å². The van der Waals surface area contributed by atoms with Gasteiger partial charge in [-0.25, -0.2) is 4.79 Å². The Morgan fingerprint density at radius 2 is 1.68 bits per heavy atom. The number of carbonyl (C=O) groups is 3. The number of carbonyl (C=O) groups excluding carboxylic acids is 3. The number of hydrogen-bond acceptors (Lipinski definition) is 6. The Balaban J connectivity index is 2.86. The van der Waals surface area contributed by atoms with Crippen molar-refractivity contribution in [3.8, 4) is 0 Å². The fraction of sp³-hybridized carbons (Fsp3) is 0.667. The Bertz CT molecular complexity index is 449. The van der Waals surface area contributed by atoms with Crippen LogP contribution in [0.15, 0.2) is 12.2 Å². The molecule has 7 nitrogen and oxygen atoms in total. The first-order valence-corrected chi connectivity index (χ1v) is 7.00. The maximum Gasteiger partial charge on any atom is 0.410 e. The molecule has 0 saturated carbocycles. The minimum atomic E-state index is -1.10. The minimum absolute atomic E-state index is 0.181. The summed E-state index contributed by atoms with van der Waals surface area (Å²) in [5, 5.41) is 0. The topological polar surface area (TPSA) is 82.1 Å². The second-order valence-corrected chi connectivity index (χ2v) is 6.00. The van der Waals surface area contributed by atoms with Crippen molar-refractivity contribution in [2.75, 3.05) is 27.3 Å². The third-order valence-corrected chi connectivity index (χ3v) is 3.13. The standard InChI is InChI=1S/C15H23NO6/c1-15(2,3)22-14(19)16-8-6-7-10(9-16)11(12(17)20-4)13(18)21-5/h6-7,10-11H,8-9H2,1-5H3/t10-/m0/s1. The van der Waals surface area contributed by atoms with Gasteiger partial charge in [-0.2, -0.15) is 0 Å². The van der Waals surface area contributed by atoms with E-state index in [1.807, 2.05) is 0 Å². The molecule has 0 radical (unpaired) electrons. The molecule has 0 aromatic rings. The average Bonchev–Trinajstić information content (AvgIpc) is 2.45. The van der Waals surface area contributed by atoms with Crippen LogP contribution in [0.4, 0.5) is 4.79 Å². The number of esters is 2. The first kappa shape index (κ1) is 18.0. The normalized spacial score (nSPS) is 18.1. The van der Waals surface area contributed by atoms with Crippen LogP contribution in [0.5, 0.6) is 0 Å². The summed E-state index contributed by atoms with van der Waals surface area (Å²) >= 11 is 0. The SMILES string of the molecule is COC(=O)C(C(=O)OC)[C@H]1C=CCN(C(=O)OC(C)(C)C)C1. The lowest BCUT2D eigenvalue weighted by molar-refractivity contribution is -0.161. The van der Waals surface area contributed by atoms with E-state index in [2.05, 4.69) is 9.47 Å². The van der Waals surface area contributed by atoms with E-state index in [1.54, 1.807) is 32.9 Å². The summed E-state index contributed by atoms with van der Waals surface area (Å²) in [5.74, 6) is -2.99. The van der Waals surface area contributed by atoms with Gasteiger partial charge >= 0.3 is 18.0 Å². The van der Waals surface area contributed by atoms with Gasteiger partial charge < -0.3 is 19.1 Å². The van der Waals surface area contributed by atoms with E-state index in [1.165, 1.54) is 19.1 Å². The zero-order valence-corrected chi connectivity index (χ0v) is 13.6. The molecule has 0 N–H and O–H groups in total. The molecule has 0 spiro atoms. The largest absolute Gasteiger partial charge is 0.468 e. The highest BCUT2D eigenvalue weighted by atomic mass is 16.6. The van der Waals surface area contributed by atoms with Gasteiger partial charge in [-0.3, -0.25) is 9.59 Å². The second-order valence-electron chi connectivity index (χ2n) is 6.00. The lowest BCUT2D eigenvalue weighted by Crippen LogP contribution is -2.45. The van der Waals surface area contributed by atoms with Crippen molar-refractivity contribution in [1.29, 1.82) is 0 Å². The number of methoxy groups -OCH3 is 2. The van der Waals surface area contributed by atoms with Crippen molar-refractivity contribution in [2.45, 2.75) is 26.4 Å². The van der Waals surface area contributed by atoms with Crippen LogP contribution >= 0.6 is 0 Å². The van der Waals surface area contributed by atoms with Crippen molar-refractivity contribution in [3.05, 3.63) is 12.2 Å². The molecule has 22 heavy (non-hydrogen) atoms.